The molecule has 0 aliphatic carbocycles. The Bertz CT molecular complexity index is 756. The molecule has 0 saturated heterocycles. The van der Waals surface area contributed by atoms with Gasteiger partial charge in [0.1, 0.15) is 0 Å². The number of benzene rings is 1. The van der Waals surface area contributed by atoms with Gasteiger partial charge in [-0.15, -0.1) is 0 Å². The van der Waals surface area contributed by atoms with Crippen molar-refractivity contribution in [1.82, 2.24) is 9.55 Å². The first-order valence-electron chi connectivity index (χ1n) is 7.24. The highest BCUT2D eigenvalue weighted by Crippen LogP contribution is 2.26. The summed E-state index contributed by atoms with van der Waals surface area (Å²) < 4.78 is 7.08. The highest BCUT2D eigenvalue weighted by atomic mass is 32.2. The summed E-state index contributed by atoms with van der Waals surface area (Å²) >= 11 is 1.51. The summed E-state index contributed by atoms with van der Waals surface area (Å²) in [6.45, 7) is 2.64. The Balaban J connectivity index is 1.98. The molecule has 2 aromatic rings. The maximum Gasteiger partial charge on any atom is 0.344 e. The van der Waals surface area contributed by atoms with E-state index >= 15 is 0 Å². The third-order valence-electron chi connectivity index (χ3n) is 3.43. The zero-order valence-electron chi connectivity index (χ0n) is 12.2. The molecule has 0 saturated carbocycles. The van der Waals surface area contributed by atoms with E-state index in [1.807, 2.05) is 13.0 Å². The van der Waals surface area contributed by atoms with Crippen molar-refractivity contribution in [3.63, 3.8) is 0 Å². The molecular formula is C16H16N2O3S. The SMILES string of the molecule is CCCc1c(OC(=O)c2ccccc2)nc2n(c1=O)CCS2. The zero-order chi connectivity index (χ0) is 15.5. The lowest BCUT2D eigenvalue weighted by atomic mass is 10.2. The quantitative estimate of drug-likeness (QED) is 0.641. The molecule has 114 valence electrons. The third-order valence-corrected chi connectivity index (χ3v) is 4.39. The van der Waals surface area contributed by atoms with Crippen LogP contribution in [0.4, 0.5) is 0 Å². The predicted octanol–water partition coefficient (Wildman–Crippen LogP) is 2.52. The van der Waals surface area contributed by atoms with E-state index in [1.165, 1.54) is 11.8 Å². The number of ether oxygens (including phenoxy) is 1. The monoisotopic (exact) mass is 316 g/mol. The molecule has 1 aromatic heterocycles. The Labute approximate surface area is 132 Å². The third kappa shape index (κ3) is 2.78. The van der Waals surface area contributed by atoms with E-state index in [-0.39, 0.29) is 11.4 Å². The van der Waals surface area contributed by atoms with Crippen LogP contribution in [0, 0.1) is 0 Å². The summed E-state index contributed by atoms with van der Waals surface area (Å²) in [5.74, 6) is 0.489. The van der Waals surface area contributed by atoms with Gasteiger partial charge >= 0.3 is 5.97 Å². The number of hydrogen-bond acceptors (Lipinski definition) is 5. The molecule has 22 heavy (non-hydrogen) atoms. The van der Waals surface area contributed by atoms with E-state index in [9.17, 15) is 9.59 Å². The molecule has 0 unspecified atom stereocenters. The fraction of sp³-hybridized carbons (Fsp3) is 0.312. The van der Waals surface area contributed by atoms with Gasteiger partial charge in [0.15, 0.2) is 5.16 Å². The minimum absolute atomic E-state index is 0.0901. The molecule has 0 N–H and O–H groups in total. The van der Waals surface area contributed by atoms with Crippen molar-refractivity contribution in [3.05, 3.63) is 51.8 Å². The van der Waals surface area contributed by atoms with Crippen molar-refractivity contribution in [2.75, 3.05) is 5.75 Å². The predicted molar refractivity (Wildman–Crippen MR) is 84.6 cm³/mol. The summed E-state index contributed by atoms with van der Waals surface area (Å²) in [4.78, 5) is 29.1. The first-order chi connectivity index (χ1) is 10.7. The summed E-state index contributed by atoms with van der Waals surface area (Å²) in [5, 5.41) is 0.626. The van der Waals surface area contributed by atoms with Crippen LogP contribution in [0.2, 0.25) is 0 Å². The van der Waals surface area contributed by atoms with E-state index < -0.39 is 5.97 Å². The van der Waals surface area contributed by atoms with Crippen LogP contribution < -0.4 is 10.3 Å². The average molecular weight is 316 g/mol. The van der Waals surface area contributed by atoms with Gasteiger partial charge in [0.05, 0.1) is 11.1 Å². The minimum Gasteiger partial charge on any atom is -0.403 e. The summed E-state index contributed by atoms with van der Waals surface area (Å²) in [5.41, 5.74) is 0.839. The minimum atomic E-state index is -0.488. The van der Waals surface area contributed by atoms with Crippen LogP contribution in [0.3, 0.4) is 0 Å². The standard InChI is InChI=1S/C16H16N2O3S/c1-2-6-12-13(17-16-18(14(12)19)9-10-22-16)21-15(20)11-7-4-3-5-8-11/h3-5,7-8H,2,6,9-10H2,1H3. The van der Waals surface area contributed by atoms with Crippen LogP contribution in [0.25, 0.3) is 0 Å². The van der Waals surface area contributed by atoms with E-state index in [0.29, 0.717) is 29.2 Å². The number of nitrogens with zero attached hydrogens (tertiary/aromatic N) is 2. The van der Waals surface area contributed by atoms with Gasteiger partial charge in [-0.3, -0.25) is 9.36 Å². The number of rotatable bonds is 4. The lowest BCUT2D eigenvalue weighted by molar-refractivity contribution is 0.0723. The van der Waals surface area contributed by atoms with Gasteiger partial charge < -0.3 is 4.74 Å². The van der Waals surface area contributed by atoms with E-state index in [4.69, 9.17) is 4.74 Å². The second-order valence-electron chi connectivity index (χ2n) is 4.99. The van der Waals surface area contributed by atoms with E-state index in [2.05, 4.69) is 4.98 Å². The number of esters is 1. The van der Waals surface area contributed by atoms with Gasteiger partial charge in [0.2, 0.25) is 5.88 Å². The molecule has 3 rings (SSSR count). The lowest BCUT2D eigenvalue weighted by Gasteiger charge is -2.11. The topological polar surface area (TPSA) is 61.2 Å². The molecule has 0 fully saturated rings. The molecule has 5 nitrogen and oxygen atoms in total. The summed E-state index contributed by atoms with van der Waals surface area (Å²) in [6.07, 6.45) is 1.34. The van der Waals surface area contributed by atoms with Crippen molar-refractivity contribution in [1.29, 1.82) is 0 Å². The highest BCUT2D eigenvalue weighted by molar-refractivity contribution is 7.99. The van der Waals surface area contributed by atoms with Crippen molar-refractivity contribution >= 4 is 17.7 Å². The van der Waals surface area contributed by atoms with Crippen LogP contribution in [0.1, 0.15) is 29.3 Å². The molecule has 1 aliphatic rings. The molecule has 0 spiro atoms. The number of aromatic nitrogens is 2. The van der Waals surface area contributed by atoms with Crippen LogP contribution >= 0.6 is 11.8 Å². The van der Waals surface area contributed by atoms with Gasteiger partial charge in [0, 0.05) is 12.3 Å². The molecule has 0 amide bonds. The van der Waals surface area contributed by atoms with Gasteiger partial charge in [-0.05, 0) is 18.6 Å². The molecular weight excluding hydrogens is 300 g/mol. The van der Waals surface area contributed by atoms with Crippen molar-refractivity contribution in [3.8, 4) is 5.88 Å². The van der Waals surface area contributed by atoms with Crippen LogP contribution in [0.15, 0.2) is 40.3 Å². The summed E-state index contributed by atoms with van der Waals surface area (Å²) in [6, 6.07) is 8.72. The Hall–Kier alpha value is -2.08. The maximum absolute atomic E-state index is 12.5. The first kappa shape index (κ1) is 14.8. The Kier molecular flexibility index (Phi) is 4.29. The van der Waals surface area contributed by atoms with Gasteiger partial charge in [-0.2, -0.15) is 4.98 Å². The number of thioether (sulfide) groups is 1. The second kappa shape index (κ2) is 6.36. The number of carbonyl (C=O) groups excluding carboxylic acids is 1. The maximum atomic E-state index is 12.5. The largest absolute Gasteiger partial charge is 0.403 e. The Morgan fingerprint density at radius 1 is 1.36 bits per heavy atom. The summed E-state index contributed by atoms with van der Waals surface area (Å²) in [7, 11) is 0. The molecule has 0 radical (unpaired) electrons. The van der Waals surface area contributed by atoms with Crippen LogP contribution in [0.5, 0.6) is 5.88 Å². The highest BCUT2D eigenvalue weighted by Gasteiger charge is 2.23. The van der Waals surface area contributed by atoms with E-state index in [0.717, 1.165) is 12.2 Å². The zero-order valence-corrected chi connectivity index (χ0v) is 13.1. The molecule has 1 aliphatic heterocycles. The molecule has 2 heterocycles. The van der Waals surface area contributed by atoms with Gasteiger partial charge in [0.25, 0.3) is 5.56 Å². The molecule has 6 heteroatoms. The van der Waals surface area contributed by atoms with Crippen LogP contribution in [-0.4, -0.2) is 21.3 Å². The molecule has 0 atom stereocenters. The fourth-order valence-corrected chi connectivity index (χ4v) is 3.29. The van der Waals surface area contributed by atoms with E-state index in [1.54, 1.807) is 28.8 Å². The van der Waals surface area contributed by atoms with Gasteiger partial charge in [-0.25, -0.2) is 4.79 Å². The Morgan fingerprint density at radius 2 is 2.14 bits per heavy atom. The van der Waals surface area contributed by atoms with Gasteiger partial charge in [-0.1, -0.05) is 43.3 Å². The van der Waals surface area contributed by atoms with Crippen molar-refractivity contribution < 1.29 is 9.53 Å². The second-order valence-corrected chi connectivity index (χ2v) is 6.05. The van der Waals surface area contributed by atoms with Crippen molar-refractivity contribution in [2.45, 2.75) is 31.5 Å². The molecule has 0 bridgehead atoms. The van der Waals surface area contributed by atoms with Crippen LogP contribution in [-0.2, 0) is 13.0 Å². The molecule has 1 aromatic carbocycles. The average Bonchev–Trinajstić information content (AvgIpc) is 3.00. The Morgan fingerprint density at radius 3 is 2.86 bits per heavy atom. The fourth-order valence-electron chi connectivity index (χ4n) is 2.36. The first-order valence-corrected chi connectivity index (χ1v) is 8.23. The number of fused-ring (bicyclic) bond motifs is 1. The van der Waals surface area contributed by atoms with Crippen molar-refractivity contribution in [2.24, 2.45) is 0 Å². The number of carbonyl (C=O) groups is 1. The normalized spacial score (nSPS) is 13.0. The lowest BCUT2D eigenvalue weighted by Crippen LogP contribution is -2.26. The number of hydrogen-bond donors (Lipinski definition) is 0. The smallest absolute Gasteiger partial charge is 0.344 e.